The molecule has 1 heterocycles. The van der Waals surface area contributed by atoms with Gasteiger partial charge in [0.05, 0.1) is 18.7 Å². The van der Waals surface area contributed by atoms with Crippen molar-refractivity contribution in [3.8, 4) is 0 Å². The van der Waals surface area contributed by atoms with Crippen LogP contribution < -0.4 is 5.73 Å². The third-order valence-electron chi connectivity index (χ3n) is 2.51. The molecule has 1 aliphatic rings. The van der Waals surface area contributed by atoms with Crippen molar-refractivity contribution in [2.45, 2.75) is 44.8 Å². The first-order valence-electron chi connectivity index (χ1n) is 5.20. The van der Waals surface area contributed by atoms with Gasteiger partial charge in [-0.25, -0.2) is 0 Å². The molecule has 1 saturated heterocycles. The number of β-amino-alcohol motifs (C(OH)–C–C–N with tert-alkyl or cyclic N) is 1. The van der Waals surface area contributed by atoms with Gasteiger partial charge in [-0.1, -0.05) is 13.3 Å². The van der Waals surface area contributed by atoms with Crippen molar-refractivity contribution in [1.29, 1.82) is 0 Å². The molecule has 0 aromatic rings. The summed E-state index contributed by atoms with van der Waals surface area (Å²) in [7, 11) is 0. The van der Waals surface area contributed by atoms with Crippen LogP contribution in [-0.2, 0) is 4.79 Å². The first-order chi connectivity index (χ1) is 6.44. The zero-order valence-electron chi connectivity index (χ0n) is 8.99. The van der Waals surface area contributed by atoms with Crippen LogP contribution in [-0.4, -0.2) is 40.6 Å². The highest BCUT2D eigenvalue weighted by Gasteiger charge is 2.39. The van der Waals surface area contributed by atoms with Crippen LogP contribution in [0.25, 0.3) is 0 Å². The van der Waals surface area contributed by atoms with Crippen LogP contribution in [0.3, 0.4) is 0 Å². The summed E-state index contributed by atoms with van der Waals surface area (Å²) in [5, 5.41) is 9.44. The molecule has 4 nitrogen and oxygen atoms in total. The Morgan fingerprint density at radius 1 is 1.64 bits per heavy atom. The van der Waals surface area contributed by atoms with Crippen LogP contribution in [0, 0.1) is 0 Å². The van der Waals surface area contributed by atoms with Gasteiger partial charge >= 0.3 is 0 Å². The fraction of sp³-hybridized carbons (Fsp3) is 0.900. The van der Waals surface area contributed by atoms with Gasteiger partial charge in [0.25, 0.3) is 0 Å². The van der Waals surface area contributed by atoms with Crippen molar-refractivity contribution in [3.63, 3.8) is 0 Å². The molecule has 1 amide bonds. The molecule has 14 heavy (non-hydrogen) atoms. The van der Waals surface area contributed by atoms with E-state index in [1.807, 2.05) is 0 Å². The van der Waals surface area contributed by atoms with Gasteiger partial charge in [-0.15, -0.1) is 0 Å². The number of aliphatic hydroxyl groups is 1. The summed E-state index contributed by atoms with van der Waals surface area (Å²) in [6.07, 6.45) is 2.30. The predicted molar refractivity (Wildman–Crippen MR) is 54.7 cm³/mol. The number of carbonyl (C=O) groups excluding carboxylic acids is 1. The van der Waals surface area contributed by atoms with Crippen molar-refractivity contribution in [2.75, 3.05) is 13.1 Å². The molecule has 0 aromatic carbocycles. The predicted octanol–water partition coefficient (Wildman–Crippen LogP) is 0.0971. The summed E-state index contributed by atoms with van der Waals surface area (Å²) in [6.45, 7) is 4.69. The van der Waals surface area contributed by atoms with E-state index >= 15 is 0 Å². The minimum absolute atomic E-state index is 0.0296. The van der Waals surface area contributed by atoms with Crippen molar-refractivity contribution >= 4 is 5.91 Å². The fourth-order valence-corrected chi connectivity index (χ4v) is 1.78. The molecular formula is C10H20N2O2. The molecule has 0 bridgehead atoms. The standard InChI is InChI=1S/C10H20N2O2/c1-3-4-8(11)5-9(13)12-6-10(2,14)7-12/h8,14H,3-7,11H2,1-2H3. The monoisotopic (exact) mass is 200 g/mol. The Balaban J connectivity index is 2.24. The summed E-state index contributed by atoms with van der Waals surface area (Å²) in [4.78, 5) is 13.2. The number of likely N-dealkylation sites (tertiary alicyclic amines) is 1. The molecule has 0 spiro atoms. The van der Waals surface area contributed by atoms with Crippen LogP contribution in [0.4, 0.5) is 0 Å². The van der Waals surface area contributed by atoms with E-state index in [1.54, 1.807) is 11.8 Å². The molecule has 0 radical (unpaired) electrons. The van der Waals surface area contributed by atoms with Crippen molar-refractivity contribution in [3.05, 3.63) is 0 Å². The van der Waals surface area contributed by atoms with E-state index in [0.717, 1.165) is 12.8 Å². The molecule has 1 atom stereocenters. The molecule has 82 valence electrons. The van der Waals surface area contributed by atoms with Crippen LogP contribution in [0.2, 0.25) is 0 Å². The lowest BCUT2D eigenvalue weighted by Crippen LogP contribution is -2.62. The van der Waals surface area contributed by atoms with Gasteiger partial charge in [-0.05, 0) is 13.3 Å². The second kappa shape index (κ2) is 4.28. The van der Waals surface area contributed by atoms with E-state index in [0.29, 0.717) is 19.5 Å². The largest absolute Gasteiger partial charge is 0.386 e. The average Bonchev–Trinajstić information content (AvgIpc) is 2.00. The molecule has 1 unspecified atom stereocenters. The number of rotatable bonds is 4. The number of hydrogen-bond donors (Lipinski definition) is 2. The number of amides is 1. The highest BCUT2D eigenvalue weighted by atomic mass is 16.3. The van der Waals surface area contributed by atoms with Gasteiger partial charge < -0.3 is 15.7 Å². The lowest BCUT2D eigenvalue weighted by atomic mass is 9.96. The minimum atomic E-state index is -0.676. The summed E-state index contributed by atoms with van der Waals surface area (Å²) >= 11 is 0. The Bertz CT molecular complexity index is 208. The normalized spacial score (nSPS) is 21.6. The second-order valence-corrected chi connectivity index (χ2v) is 4.50. The van der Waals surface area contributed by atoms with Crippen LogP contribution in [0.15, 0.2) is 0 Å². The van der Waals surface area contributed by atoms with Crippen molar-refractivity contribution < 1.29 is 9.90 Å². The van der Waals surface area contributed by atoms with E-state index in [1.165, 1.54) is 0 Å². The third kappa shape index (κ3) is 2.96. The maximum atomic E-state index is 11.5. The highest BCUT2D eigenvalue weighted by molar-refractivity contribution is 5.78. The second-order valence-electron chi connectivity index (χ2n) is 4.50. The Hall–Kier alpha value is -0.610. The van der Waals surface area contributed by atoms with Crippen LogP contribution >= 0.6 is 0 Å². The molecule has 0 aromatic heterocycles. The van der Waals surface area contributed by atoms with Gasteiger partial charge in [0, 0.05) is 12.5 Å². The fourth-order valence-electron chi connectivity index (χ4n) is 1.78. The molecular weight excluding hydrogens is 180 g/mol. The molecule has 4 heteroatoms. The summed E-state index contributed by atoms with van der Waals surface area (Å²) in [6, 6.07) is -0.0296. The minimum Gasteiger partial charge on any atom is -0.386 e. The number of carbonyl (C=O) groups is 1. The first kappa shape index (κ1) is 11.5. The first-order valence-corrected chi connectivity index (χ1v) is 5.20. The van der Waals surface area contributed by atoms with Gasteiger partial charge in [-0.2, -0.15) is 0 Å². The van der Waals surface area contributed by atoms with Crippen LogP contribution in [0.1, 0.15) is 33.1 Å². The highest BCUT2D eigenvalue weighted by Crippen LogP contribution is 2.20. The van der Waals surface area contributed by atoms with Gasteiger partial charge in [0.1, 0.15) is 0 Å². The molecule has 1 aliphatic heterocycles. The van der Waals surface area contributed by atoms with Crippen LogP contribution in [0.5, 0.6) is 0 Å². The topological polar surface area (TPSA) is 66.6 Å². The quantitative estimate of drug-likeness (QED) is 0.676. The molecule has 1 rings (SSSR count). The van der Waals surface area contributed by atoms with Gasteiger partial charge in [-0.3, -0.25) is 4.79 Å². The summed E-state index contributed by atoms with van der Waals surface area (Å²) in [5.41, 5.74) is 5.08. The van der Waals surface area contributed by atoms with E-state index in [2.05, 4.69) is 6.92 Å². The maximum absolute atomic E-state index is 11.5. The lowest BCUT2D eigenvalue weighted by Gasteiger charge is -2.44. The summed E-state index contributed by atoms with van der Waals surface area (Å²) in [5.74, 6) is 0.0671. The zero-order valence-corrected chi connectivity index (χ0v) is 8.99. The average molecular weight is 200 g/mol. The molecule has 0 saturated carbocycles. The Morgan fingerprint density at radius 2 is 2.21 bits per heavy atom. The van der Waals surface area contributed by atoms with E-state index in [4.69, 9.17) is 5.73 Å². The van der Waals surface area contributed by atoms with Crippen molar-refractivity contribution in [2.24, 2.45) is 5.73 Å². The van der Waals surface area contributed by atoms with E-state index in [-0.39, 0.29) is 11.9 Å². The molecule has 3 N–H and O–H groups in total. The van der Waals surface area contributed by atoms with Gasteiger partial charge in [0.2, 0.25) is 5.91 Å². The molecule has 0 aliphatic carbocycles. The maximum Gasteiger partial charge on any atom is 0.224 e. The zero-order chi connectivity index (χ0) is 10.8. The molecule has 1 fully saturated rings. The lowest BCUT2D eigenvalue weighted by molar-refractivity contribution is -0.152. The van der Waals surface area contributed by atoms with E-state index in [9.17, 15) is 9.90 Å². The Labute approximate surface area is 85.1 Å². The number of nitrogens with zero attached hydrogens (tertiary/aromatic N) is 1. The summed E-state index contributed by atoms with van der Waals surface area (Å²) < 4.78 is 0. The number of hydrogen-bond acceptors (Lipinski definition) is 3. The number of nitrogens with two attached hydrogens (primary N) is 1. The van der Waals surface area contributed by atoms with E-state index < -0.39 is 5.60 Å². The third-order valence-corrected chi connectivity index (χ3v) is 2.51. The Morgan fingerprint density at radius 3 is 2.64 bits per heavy atom. The smallest absolute Gasteiger partial charge is 0.224 e. The van der Waals surface area contributed by atoms with Crippen molar-refractivity contribution in [1.82, 2.24) is 4.90 Å². The Kier molecular flexibility index (Phi) is 3.50. The SMILES string of the molecule is CCCC(N)CC(=O)N1CC(C)(O)C1. The van der Waals surface area contributed by atoms with Gasteiger partial charge in [0.15, 0.2) is 0 Å².